The molecule has 0 spiro atoms. The lowest BCUT2D eigenvalue weighted by Crippen LogP contribution is -2.37. The fourth-order valence-corrected chi connectivity index (χ4v) is 4.71. The van der Waals surface area contributed by atoms with Crippen molar-refractivity contribution < 1.29 is 14.0 Å². The van der Waals surface area contributed by atoms with Gasteiger partial charge in [0.25, 0.3) is 5.91 Å². The molecule has 2 amide bonds. The van der Waals surface area contributed by atoms with Crippen molar-refractivity contribution in [1.82, 2.24) is 15.1 Å². The molecule has 2 saturated heterocycles. The van der Waals surface area contributed by atoms with Crippen LogP contribution in [0.4, 0.5) is 11.5 Å². The minimum atomic E-state index is -0.0659. The Balaban J connectivity index is 1.12. The number of nitrogens with zero attached hydrogens (tertiary/aromatic N) is 4. The van der Waals surface area contributed by atoms with Crippen molar-refractivity contribution in [3.8, 4) is 0 Å². The number of rotatable bonds is 5. The molecule has 33 heavy (non-hydrogen) atoms. The van der Waals surface area contributed by atoms with Crippen LogP contribution in [0.3, 0.4) is 0 Å². The highest BCUT2D eigenvalue weighted by Gasteiger charge is 2.29. The lowest BCUT2D eigenvalue weighted by molar-refractivity contribution is -0.119. The van der Waals surface area contributed by atoms with Gasteiger partial charge in [0.05, 0.1) is 17.7 Å². The summed E-state index contributed by atoms with van der Waals surface area (Å²) in [6.07, 6.45) is 7.33. The largest absolute Gasteiger partial charge is 0.472 e. The first kappa shape index (κ1) is 21.2. The van der Waals surface area contributed by atoms with Gasteiger partial charge in [-0.2, -0.15) is 5.10 Å². The Labute approximate surface area is 192 Å². The number of furan rings is 1. The maximum absolute atomic E-state index is 12.8. The summed E-state index contributed by atoms with van der Waals surface area (Å²) in [7, 11) is 0. The topological polar surface area (TPSA) is 91.6 Å². The molecule has 170 valence electrons. The van der Waals surface area contributed by atoms with Crippen molar-refractivity contribution in [3.63, 3.8) is 0 Å². The quantitative estimate of drug-likeness (QED) is 0.646. The van der Waals surface area contributed by atoms with Crippen LogP contribution in [0.1, 0.15) is 41.1 Å². The van der Waals surface area contributed by atoms with Crippen molar-refractivity contribution in [2.24, 2.45) is 5.92 Å². The smallest absolute Gasteiger partial charge is 0.257 e. The van der Waals surface area contributed by atoms with E-state index in [-0.39, 0.29) is 17.7 Å². The Morgan fingerprint density at radius 3 is 2.52 bits per heavy atom. The third kappa shape index (κ3) is 4.74. The minimum Gasteiger partial charge on any atom is -0.472 e. The van der Waals surface area contributed by atoms with Gasteiger partial charge in [-0.3, -0.25) is 9.59 Å². The zero-order chi connectivity index (χ0) is 22.6. The van der Waals surface area contributed by atoms with Crippen LogP contribution in [0.2, 0.25) is 0 Å². The molecule has 3 aromatic rings. The van der Waals surface area contributed by atoms with Crippen LogP contribution in [0.15, 0.2) is 65.6 Å². The van der Waals surface area contributed by atoms with E-state index in [0.717, 1.165) is 50.4 Å². The molecule has 1 atom stereocenters. The molecule has 0 aliphatic carbocycles. The SMILES string of the molecule is O=C(Nc1ccc(C2CCN(C(=O)c3ccoc3)CC2)cc1)C1CCN(c2cccnn2)C1. The Hall–Kier alpha value is -3.68. The Kier molecular flexibility index (Phi) is 6.06. The molecule has 4 heterocycles. The number of carbonyl (C=O) groups excluding carboxylic acids is 2. The Morgan fingerprint density at radius 1 is 1.00 bits per heavy atom. The number of likely N-dealkylation sites (tertiary alicyclic amines) is 1. The van der Waals surface area contributed by atoms with Gasteiger partial charge in [0.15, 0.2) is 5.82 Å². The molecule has 1 unspecified atom stereocenters. The molecule has 8 nitrogen and oxygen atoms in total. The standard InChI is InChI=1S/C25H27N5O3/c31-24(20-9-14-30(16-20)23-2-1-11-26-28-23)27-22-5-3-18(4-6-22)19-7-12-29(13-8-19)25(32)21-10-15-33-17-21/h1-6,10-11,15,17,19-20H,7-9,12-14,16H2,(H,27,31). The molecule has 8 heteroatoms. The number of aromatic nitrogens is 2. The van der Waals surface area contributed by atoms with Gasteiger partial charge in [-0.15, -0.1) is 5.10 Å². The van der Waals surface area contributed by atoms with Crippen LogP contribution >= 0.6 is 0 Å². The lowest BCUT2D eigenvalue weighted by Gasteiger charge is -2.32. The van der Waals surface area contributed by atoms with Crippen molar-refractivity contribution in [1.29, 1.82) is 0 Å². The zero-order valence-electron chi connectivity index (χ0n) is 18.4. The predicted octanol–water partition coefficient (Wildman–Crippen LogP) is 3.55. The van der Waals surface area contributed by atoms with Crippen LogP contribution in [0, 0.1) is 5.92 Å². The highest BCUT2D eigenvalue weighted by atomic mass is 16.3. The number of nitrogens with one attached hydrogen (secondary N) is 1. The number of benzene rings is 1. The first-order chi connectivity index (χ1) is 16.2. The van der Waals surface area contributed by atoms with E-state index in [2.05, 4.69) is 32.5 Å². The number of hydrogen-bond acceptors (Lipinski definition) is 6. The summed E-state index contributed by atoms with van der Waals surface area (Å²) in [5.41, 5.74) is 2.67. The van der Waals surface area contributed by atoms with Crippen LogP contribution in [-0.4, -0.2) is 53.1 Å². The Morgan fingerprint density at radius 2 is 1.82 bits per heavy atom. The van der Waals surface area contributed by atoms with Crippen LogP contribution in [0.25, 0.3) is 0 Å². The van der Waals surface area contributed by atoms with Crippen molar-refractivity contribution >= 4 is 23.3 Å². The first-order valence-electron chi connectivity index (χ1n) is 11.4. The van der Waals surface area contributed by atoms with Gasteiger partial charge in [-0.05, 0) is 61.1 Å². The number of piperidine rings is 1. The van der Waals surface area contributed by atoms with Gasteiger partial charge in [0.2, 0.25) is 5.91 Å². The molecule has 1 N–H and O–H groups in total. The van der Waals surface area contributed by atoms with Crippen molar-refractivity contribution in [2.45, 2.75) is 25.2 Å². The Bertz CT molecular complexity index is 1080. The number of hydrogen-bond donors (Lipinski definition) is 1. The van der Waals surface area contributed by atoms with Crippen LogP contribution in [0.5, 0.6) is 0 Å². The number of anilines is 2. The second-order valence-electron chi connectivity index (χ2n) is 8.70. The van der Waals surface area contributed by atoms with Crippen LogP contribution in [-0.2, 0) is 4.79 Å². The molecule has 2 aliphatic rings. The lowest BCUT2D eigenvalue weighted by atomic mass is 9.89. The molecule has 0 saturated carbocycles. The molecule has 0 radical (unpaired) electrons. The summed E-state index contributed by atoms with van der Waals surface area (Å²) in [6.45, 7) is 2.92. The molecule has 2 aliphatic heterocycles. The second-order valence-corrected chi connectivity index (χ2v) is 8.70. The van der Waals surface area contributed by atoms with Gasteiger partial charge in [0, 0.05) is 38.1 Å². The molecular weight excluding hydrogens is 418 g/mol. The maximum Gasteiger partial charge on any atom is 0.257 e. The first-order valence-corrected chi connectivity index (χ1v) is 11.4. The summed E-state index contributed by atoms with van der Waals surface area (Å²) in [5, 5.41) is 11.1. The molecule has 1 aromatic carbocycles. The van der Waals surface area contributed by atoms with Gasteiger partial charge in [-0.25, -0.2) is 0 Å². The molecular formula is C25H27N5O3. The summed E-state index contributed by atoms with van der Waals surface area (Å²) < 4.78 is 5.03. The van der Waals surface area contributed by atoms with E-state index < -0.39 is 0 Å². The van der Waals surface area contributed by atoms with E-state index in [4.69, 9.17) is 4.42 Å². The highest BCUT2D eigenvalue weighted by Crippen LogP contribution is 2.30. The average molecular weight is 446 g/mol. The average Bonchev–Trinajstić information content (AvgIpc) is 3.58. The number of carbonyl (C=O) groups is 2. The summed E-state index contributed by atoms with van der Waals surface area (Å²) in [4.78, 5) is 29.2. The van der Waals surface area contributed by atoms with E-state index in [1.807, 2.05) is 29.2 Å². The zero-order valence-corrected chi connectivity index (χ0v) is 18.4. The molecule has 0 bridgehead atoms. The maximum atomic E-state index is 12.8. The molecule has 5 rings (SSSR count). The minimum absolute atomic E-state index is 0.0325. The normalized spacial score (nSPS) is 19.0. The van der Waals surface area contributed by atoms with E-state index in [1.165, 1.54) is 18.1 Å². The fourth-order valence-electron chi connectivity index (χ4n) is 4.71. The van der Waals surface area contributed by atoms with Gasteiger partial charge in [0.1, 0.15) is 6.26 Å². The van der Waals surface area contributed by atoms with Crippen LogP contribution < -0.4 is 10.2 Å². The van der Waals surface area contributed by atoms with E-state index in [1.54, 1.807) is 12.3 Å². The molecule has 2 fully saturated rings. The monoisotopic (exact) mass is 445 g/mol. The third-order valence-corrected chi connectivity index (χ3v) is 6.64. The van der Waals surface area contributed by atoms with Crippen molar-refractivity contribution in [3.05, 3.63) is 72.3 Å². The highest BCUT2D eigenvalue weighted by molar-refractivity contribution is 5.94. The van der Waals surface area contributed by atoms with E-state index in [9.17, 15) is 9.59 Å². The summed E-state index contributed by atoms with van der Waals surface area (Å²) in [5.74, 6) is 1.24. The van der Waals surface area contributed by atoms with E-state index in [0.29, 0.717) is 18.0 Å². The molecule has 2 aromatic heterocycles. The van der Waals surface area contributed by atoms with E-state index >= 15 is 0 Å². The van der Waals surface area contributed by atoms with Gasteiger partial charge >= 0.3 is 0 Å². The van der Waals surface area contributed by atoms with Gasteiger partial charge < -0.3 is 19.5 Å². The number of amides is 2. The summed E-state index contributed by atoms with van der Waals surface area (Å²) >= 11 is 0. The fraction of sp³-hybridized carbons (Fsp3) is 0.360. The third-order valence-electron chi connectivity index (χ3n) is 6.64. The predicted molar refractivity (Wildman–Crippen MR) is 124 cm³/mol. The summed E-state index contributed by atoms with van der Waals surface area (Å²) in [6, 6.07) is 13.6. The second kappa shape index (κ2) is 9.44. The van der Waals surface area contributed by atoms with Crippen molar-refractivity contribution in [2.75, 3.05) is 36.4 Å². The van der Waals surface area contributed by atoms with Gasteiger partial charge in [-0.1, -0.05) is 12.1 Å².